The highest BCUT2D eigenvalue weighted by Gasteiger charge is 2.23. The first-order valence-corrected chi connectivity index (χ1v) is 12.0. The van der Waals surface area contributed by atoms with Crippen molar-refractivity contribution < 1.29 is 4.52 Å². The Hall–Kier alpha value is -2.14. The fraction of sp³-hybridized carbons (Fsp3) is 0.600. The highest BCUT2D eigenvalue weighted by molar-refractivity contribution is 5.94. The summed E-state index contributed by atoms with van der Waals surface area (Å²) in [4.78, 5) is 4.72. The average Bonchev–Trinajstić information content (AvgIpc) is 3.52. The summed E-state index contributed by atoms with van der Waals surface area (Å²) >= 11 is 0. The van der Waals surface area contributed by atoms with E-state index in [0.717, 1.165) is 31.0 Å². The number of fused-ring (bicyclic) bond motifs is 1. The van der Waals surface area contributed by atoms with Gasteiger partial charge in [0.25, 0.3) is 0 Å². The Morgan fingerprint density at radius 2 is 1.80 bits per heavy atom. The van der Waals surface area contributed by atoms with Crippen LogP contribution in [0.3, 0.4) is 0 Å². The lowest BCUT2D eigenvalue weighted by atomic mass is 10.1. The second kappa shape index (κ2) is 10.8. The molecule has 1 saturated heterocycles. The molecule has 3 heterocycles. The Balaban J connectivity index is 1.36. The second-order valence-corrected chi connectivity index (χ2v) is 8.69. The molecule has 0 saturated carbocycles. The Bertz CT molecular complexity index is 907. The van der Waals surface area contributed by atoms with E-state index in [1.165, 1.54) is 75.1 Å². The molecular formula is C25H36N4O. The number of aromatic nitrogens is 3. The highest BCUT2D eigenvalue weighted by atomic mass is 16.5. The van der Waals surface area contributed by atoms with E-state index in [1.54, 1.807) is 0 Å². The first-order chi connectivity index (χ1) is 14.9. The van der Waals surface area contributed by atoms with E-state index < -0.39 is 0 Å². The molecule has 5 heteroatoms. The van der Waals surface area contributed by atoms with Crippen molar-refractivity contribution in [3.8, 4) is 11.4 Å². The third-order valence-corrected chi connectivity index (χ3v) is 6.33. The first-order valence-electron chi connectivity index (χ1n) is 12.0. The Kier molecular flexibility index (Phi) is 7.57. The van der Waals surface area contributed by atoms with Gasteiger partial charge in [0.15, 0.2) is 0 Å². The molecule has 1 aromatic carbocycles. The van der Waals surface area contributed by atoms with Crippen LogP contribution < -0.4 is 5.32 Å². The van der Waals surface area contributed by atoms with Crippen LogP contribution >= 0.6 is 0 Å². The van der Waals surface area contributed by atoms with E-state index in [2.05, 4.69) is 52.4 Å². The number of nitrogens with one attached hydrogen (secondary N) is 1. The number of hydrogen-bond donors (Lipinski definition) is 1. The molecule has 1 aliphatic rings. The fourth-order valence-electron chi connectivity index (χ4n) is 4.58. The highest BCUT2D eigenvalue weighted by Crippen LogP contribution is 2.31. The Morgan fingerprint density at radius 1 is 1.03 bits per heavy atom. The van der Waals surface area contributed by atoms with Crippen LogP contribution in [0.2, 0.25) is 0 Å². The summed E-state index contributed by atoms with van der Waals surface area (Å²) in [5.74, 6) is 1.43. The molecule has 162 valence electrons. The molecule has 0 amide bonds. The largest absolute Gasteiger partial charge is 0.347 e. The zero-order valence-corrected chi connectivity index (χ0v) is 18.4. The van der Waals surface area contributed by atoms with Crippen molar-refractivity contribution in [3.63, 3.8) is 0 Å². The summed E-state index contributed by atoms with van der Waals surface area (Å²) in [5.41, 5.74) is 2.34. The molecular weight excluding hydrogens is 372 g/mol. The molecule has 0 aliphatic carbocycles. The van der Waals surface area contributed by atoms with Gasteiger partial charge in [-0.1, -0.05) is 81.6 Å². The monoisotopic (exact) mass is 408 g/mol. The number of benzene rings is 1. The van der Waals surface area contributed by atoms with Crippen molar-refractivity contribution in [2.45, 2.75) is 90.1 Å². The van der Waals surface area contributed by atoms with Crippen LogP contribution in [0, 0.1) is 0 Å². The summed E-state index contributed by atoms with van der Waals surface area (Å²) in [6.45, 7) is 4.35. The lowest BCUT2D eigenvalue weighted by Crippen LogP contribution is -2.12. The van der Waals surface area contributed by atoms with Crippen LogP contribution in [0.5, 0.6) is 0 Å². The van der Waals surface area contributed by atoms with E-state index in [1.807, 2.05) is 0 Å². The molecule has 1 aliphatic heterocycles. The predicted molar refractivity (Wildman–Crippen MR) is 122 cm³/mol. The average molecular weight is 409 g/mol. The lowest BCUT2D eigenvalue weighted by Gasteiger charge is -2.05. The Morgan fingerprint density at radius 3 is 2.57 bits per heavy atom. The quantitative estimate of drug-likeness (QED) is 0.341. The van der Waals surface area contributed by atoms with E-state index in [9.17, 15) is 0 Å². The summed E-state index contributed by atoms with van der Waals surface area (Å²) in [6.07, 6.45) is 16.6. The molecule has 1 fully saturated rings. The minimum absolute atomic E-state index is 0.210. The van der Waals surface area contributed by atoms with E-state index in [4.69, 9.17) is 9.51 Å². The standard InChI is InChI=1S/C25H36N4O/c1-2-3-4-5-6-7-8-9-12-18-29-19-21(20-14-10-11-16-23(20)29)24-27-25(30-28-24)22-15-13-17-26-22/h10-11,14,16,19,22,26H,2-9,12-13,15,17-18H2,1H3. The van der Waals surface area contributed by atoms with Crippen molar-refractivity contribution in [1.82, 2.24) is 20.0 Å². The van der Waals surface area contributed by atoms with Gasteiger partial charge in [-0.3, -0.25) is 0 Å². The number of unbranched alkanes of at least 4 members (excludes halogenated alkanes) is 8. The van der Waals surface area contributed by atoms with Gasteiger partial charge in [-0.15, -0.1) is 0 Å². The van der Waals surface area contributed by atoms with Gasteiger partial charge in [-0.25, -0.2) is 0 Å². The zero-order valence-electron chi connectivity index (χ0n) is 18.4. The molecule has 30 heavy (non-hydrogen) atoms. The number of para-hydroxylation sites is 1. The molecule has 2 aromatic heterocycles. The van der Waals surface area contributed by atoms with Crippen LogP contribution in [-0.4, -0.2) is 21.3 Å². The normalized spacial score (nSPS) is 16.6. The SMILES string of the molecule is CCCCCCCCCCCn1cc(-c2noc(C3CCCN3)n2)c2ccccc21. The minimum atomic E-state index is 0.210. The summed E-state index contributed by atoms with van der Waals surface area (Å²) in [6, 6.07) is 8.78. The molecule has 0 bridgehead atoms. The van der Waals surface area contributed by atoms with Gasteiger partial charge in [0, 0.05) is 29.2 Å². The van der Waals surface area contributed by atoms with Crippen LogP contribution in [0.25, 0.3) is 22.3 Å². The van der Waals surface area contributed by atoms with Crippen LogP contribution in [0.1, 0.15) is 89.5 Å². The predicted octanol–water partition coefficient (Wildman–Crippen LogP) is 6.65. The van der Waals surface area contributed by atoms with Crippen LogP contribution in [0.15, 0.2) is 35.0 Å². The number of rotatable bonds is 12. The van der Waals surface area contributed by atoms with Crippen molar-refractivity contribution in [2.75, 3.05) is 6.54 Å². The van der Waals surface area contributed by atoms with Crippen molar-refractivity contribution in [3.05, 3.63) is 36.4 Å². The smallest absolute Gasteiger partial charge is 0.244 e. The van der Waals surface area contributed by atoms with Gasteiger partial charge in [0.05, 0.1) is 6.04 Å². The minimum Gasteiger partial charge on any atom is -0.347 e. The maximum absolute atomic E-state index is 5.59. The van der Waals surface area contributed by atoms with Crippen molar-refractivity contribution in [1.29, 1.82) is 0 Å². The van der Waals surface area contributed by atoms with Gasteiger partial charge in [0.1, 0.15) is 0 Å². The van der Waals surface area contributed by atoms with Crippen molar-refractivity contribution >= 4 is 10.9 Å². The summed E-state index contributed by atoms with van der Waals surface area (Å²) < 4.78 is 7.96. The molecule has 0 spiro atoms. The van der Waals surface area contributed by atoms with Gasteiger partial charge in [-0.2, -0.15) is 4.98 Å². The van der Waals surface area contributed by atoms with E-state index >= 15 is 0 Å². The molecule has 1 unspecified atom stereocenters. The van der Waals surface area contributed by atoms with Crippen LogP contribution in [0.4, 0.5) is 0 Å². The van der Waals surface area contributed by atoms with Gasteiger partial charge >= 0.3 is 0 Å². The Labute approximate surface area is 180 Å². The second-order valence-electron chi connectivity index (χ2n) is 8.69. The van der Waals surface area contributed by atoms with E-state index in [0.29, 0.717) is 5.82 Å². The third kappa shape index (κ3) is 5.12. The van der Waals surface area contributed by atoms with Crippen LogP contribution in [-0.2, 0) is 6.54 Å². The first kappa shape index (κ1) is 21.1. The van der Waals surface area contributed by atoms with Gasteiger partial charge in [-0.05, 0) is 31.9 Å². The molecule has 1 atom stereocenters. The third-order valence-electron chi connectivity index (χ3n) is 6.33. The number of hydrogen-bond acceptors (Lipinski definition) is 4. The molecule has 4 rings (SSSR count). The van der Waals surface area contributed by atoms with Crippen molar-refractivity contribution in [2.24, 2.45) is 0 Å². The molecule has 3 aromatic rings. The maximum Gasteiger partial charge on any atom is 0.244 e. The van der Waals surface area contributed by atoms with E-state index in [-0.39, 0.29) is 6.04 Å². The molecule has 0 radical (unpaired) electrons. The zero-order chi connectivity index (χ0) is 20.6. The summed E-state index contributed by atoms with van der Waals surface area (Å²) in [5, 5.41) is 8.95. The lowest BCUT2D eigenvalue weighted by molar-refractivity contribution is 0.345. The number of nitrogens with zero attached hydrogens (tertiary/aromatic N) is 3. The maximum atomic E-state index is 5.59. The fourth-order valence-corrected chi connectivity index (χ4v) is 4.58. The number of aryl methyl sites for hydroxylation is 1. The summed E-state index contributed by atoms with van der Waals surface area (Å²) in [7, 11) is 0. The topological polar surface area (TPSA) is 55.9 Å². The molecule has 5 nitrogen and oxygen atoms in total. The van der Waals surface area contributed by atoms with Gasteiger partial charge < -0.3 is 14.4 Å². The molecule has 1 N–H and O–H groups in total. The van der Waals surface area contributed by atoms with Gasteiger partial charge in [0.2, 0.25) is 11.7 Å².